The third-order valence-electron chi connectivity index (χ3n) is 3.03. The minimum atomic E-state index is -2.27. The summed E-state index contributed by atoms with van der Waals surface area (Å²) in [5, 5.41) is 7.99. The maximum atomic E-state index is 12.8. The van der Waals surface area contributed by atoms with Gasteiger partial charge in [0.2, 0.25) is 0 Å². The van der Waals surface area contributed by atoms with Crippen LogP contribution >= 0.6 is 7.14 Å². The van der Waals surface area contributed by atoms with Gasteiger partial charge in [0, 0.05) is 11.3 Å². The van der Waals surface area contributed by atoms with E-state index in [0.717, 1.165) is 5.69 Å². The molecule has 0 atom stereocenters. The van der Waals surface area contributed by atoms with Crippen molar-refractivity contribution in [1.82, 2.24) is 15.0 Å². The summed E-state index contributed by atoms with van der Waals surface area (Å²) in [5.74, 6) is 0. The van der Waals surface area contributed by atoms with E-state index in [4.69, 9.17) is 7.85 Å². The van der Waals surface area contributed by atoms with E-state index in [2.05, 4.69) is 10.3 Å². The lowest BCUT2D eigenvalue weighted by atomic mass is 10.0. The van der Waals surface area contributed by atoms with Crippen LogP contribution in [0.2, 0.25) is 0 Å². The molecule has 93 valence electrons. The Morgan fingerprint density at radius 1 is 1.41 bits per heavy atom. The molecule has 1 aromatic heterocycles. The highest BCUT2D eigenvalue weighted by Gasteiger charge is 2.31. The molecular formula is C11H20BN3OP. The average Bonchev–Trinajstić information content (AvgIpc) is 2.65. The topological polar surface area (TPSA) is 47.8 Å². The molecule has 0 aliphatic rings. The van der Waals surface area contributed by atoms with Gasteiger partial charge < -0.3 is 4.57 Å². The first-order valence-corrected chi connectivity index (χ1v) is 7.94. The summed E-state index contributed by atoms with van der Waals surface area (Å²) in [5.41, 5.74) is 1.14. The smallest absolute Gasteiger partial charge is 0.122 e. The van der Waals surface area contributed by atoms with Gasteiger partial charge in [0.15, 0.2) is 0 Å². The molecule has 0 saturated carbocycles. The van der Waals surface area contributed by atoms with Crippen molar-refractivity contribution in [2.24, 2.45) is 0 Å². The number of rotatable bonds is 6. The zero-order valence-electron chi connectivity index (χ0n) is 11.0. The lowest BCUT2D eigenvalue weighted by molar-refractivity contribution is 0.542. The predicted molar refractivity (Wildman–Crippen MR) is 71.7 cm³/mol. The molecule has 0 aliphatic carbocycles. The van der Waals surface area contributed by atoms with Crippen LogP contribution < -0.4 is 0 Å². The molecule has 1 aromatic rings. The summed E-state index contributed by atoms with van der Waals surface area (Å²) in [6.45, 7) is 8.02. The van der Waals surface area contributed by atoms with E-state index in [1.54, 1.807) is 11.0 Å². The van der Waals surface area contributed by atoms with Crippen LogP contribution in [0.5, 0.6) is 0 Å². The number of nitrogens with zero attached hydrogens (tertiary/aromatic N) is 3. The lowest BCUT2D eigenvalue weighted by Crippen LogP contribution is -2.14. The monoisotopic (exact) mass is 252 g/mol. The number of hydrogen-bond donors (Lipinski definition) is 0. The highest BCUT2D eigenvalue weighted by Crippen LogP contribution is 2.56. The molecule has 17 heavy (non-hydrogen) atoms. The van der Waals surface area contributed by atoms with E-state index in [0.29, 0.717) is 12.7 Å². The molecule has 0 fully saturated rings. The van der Waals surface area contributed by atoms with Gasteiger partial charge in [-0.25, -0.2) is 11.0 Å². The average molecular weight is 252 g/mol. The molecule has 0 aromatic carbocycles. The molecule has 0 saturated heterocycles. The van der Waals surface area contributed by atoms with E-state index < -0.39 is 7.14 Å². The van der Waals surface area contributed by atoms with Gasteiger partial charge in [0.25, 0.3) is 0 Å². The molecule has 0 spiro atoms. The molecule has 0 bridgehead atoms. The van der Waals surface area contributed by atoms with Crippen LogP contribution in [0.4, 0.5) is 0 Å². The predicted octanol–water partition coefficient (Wildman–Crippen LogP) is 2.29. The normalized spacial score (nSPS) is 12.4. The zero-order chi connectivity index (χ0) is 13.1. The largest absolute Gasteiger partial charge is 0.321 e. The van der Waals surface area contributed by atoms with Gasteiger partial charge in [0.05, 0.1) is 18.9 Å². The molecule has 1 heterocycles. The molecule has 1 rings (SSSR count). The highest BCUT2D eigenvalue weighted by atomic mass is 31.2. The molecule has 0 N–H and O–H groups in total. The Balaban J connectivity index is 2.83. The van der Waals surface area contributed by atoms with Crippen molar-refractivity contribution >= 4 is 15.0 Å². The fraction of sp³-hybridized carbons (Fsp3) is 0.727. The van der Waals surface area contributed by atoms with Crippen molar-refractivity contribution in [1.29, 1.82) is 0 Å². The summed E-state index contributed by atoms with van der Waals surface area (Å²) in [6.07, 6.45) is 4.41. The van der Waals surface area contributed by atoms with Gasteiger partial charge in [-0.05, 0) is 0 Å². The molecule has 0 amide bonds. The van der Waals surface area contributed by atoms with Crippen molar-refractivity contribution in [2.45, 2.75) is 51.7 Å². The van der Waals surface area contributed by atoms with Crippen LogP contribution in [0, 0.1) is 6.32 Å². The SMILES string of the molecule is [B-][CH+]Cc1cn(CP(=O)(C(C)C)C(C)C)nn1. The van der Waals surface area contributed by atoms with Gasteiger partial charge in [0.1, 0.15) is 12.8 Å². The summed E-state index contributed by atoms with van der Waals surface area (Å²) < 4.78 is 14.5. The minimum Gasteiger partial charge on any atom is -0.321 e. The first-order chi connectivity index (χ1) is 7.90. The molecule has 4 nitrogen and oxygen atoms in total. The Morgan fingerprint density at radius 2 is 2.00 bits per heavy atom. The Kier molecular flexibility index (Phi) is 4.87. The second kappa shape index (κ2) is 5.77. The van der Waals surface area contributed by atoms with Gasteiger partial charge >= 0.3 is 0 Å². The standard InChI is InChI=1S/C11H20BN3OP/c1-9(2)17(16,10(3)4)8-15-7-11(5-6-12)13-14-15/h6-7,9-10H,5,8H2,1-4H3. The first-order valence-electron chi connectivity index (χ1n) is 5.91. The van der Waals surface area contributed by atoms with Crippen molar-refractivity contribution in [2.75, 3.05) is 0 Å². The van der Waals surface area contributed by atoms with E-state index in [9.17, 15) is 4.57 Å². The fourth-order valence-electron chi connectivity index (χ4n) is 1.77. The second-order valence-electron chi connectivity index (χ2n) is 4.87. The summed E-state index contributed by atoms with van der Waals surface area (Å²) in [4.78, 5) is 0. The second-order valence-corrected chi connectivity index (χ2v) is 8.93. The van der Waals surface area contributed by atoms with Crippen molar-refractivity contribution in [3.8, 4) is 0 Å². The summed E-state index contributed by atoms with van der Waals surface area (Å²) in [7, 11) is 3.06. The first kappa shape index (κ1) is 14.4. The Hall–Kier alpha value is -0.695. The van der Waals surface area contributed by atoms with Crippen molar-refractivity contribution < 1.29 is 4.57 Å². The van der Waals surface area contributed by atoms with Gasteiger partial charge in [-0.2, -0.15) is 0 Å². The zero-order valence-corrected chi connectivity index (χ0v) is 11.9. The summed E-state index contributed by atoms with van der Waals surface area (Å²) in [6, 6.07) is 0. The van der Waals surface area contributed by atoms with E-state index in [-0.39, 0.29) is 11.3 Å². The third-order valence-corrected chi connectivity index (χ3v) is 7.26. The molecule has 6 heteroatoms. The van der Waals surface area contributed by atoms with Crippen LogP contribution in [-0.4, -0.2) is 34.2 Å². The number of aromatic nitrogens is 3. The quantitative estimate of drug-likeness (QED) is 0.443. The van der Waals surface area contributed by atoms with Crippen LogP contribution in [0.1, 0.15) is 33.4 Å². The van der Waals surface area contributed by atoms with Crippen LogP contribution in [-0.2, 0) is 17.3 Å². The Bertz CT molecular complexity index is 391. The minimum absolute atomic E-state index is 0.163. The van der Waals surface area contributed by atoms with Gasteiger partial charge in [-0.15, -0.1) is 5.10 Å². The van der Waals surface area contributed by atoms with Crippen molar-refractivity contribution in [3.05, 3.63) is 18.2 Å². The third kappa shape index (κ3) is 3.38. The molecule has 0 unspecified atom stereocenters. The van der Waals surface area contributed by atoms with Crippen molar-refractivity contribution in [3.63, 3.8) is 0 Å². The van der Waals surface area contributed by atoms with Crippen LogP contribution in [0.3, 0.4) is 0 Å². The fourth-order valence-corrected chi connectivity index (χ4v) is 4.21. The molecular weight excluding hydrogens is 232 g/mol. The lowest BCUT2D eigenvalue weighted by Gasteiger charge is -2.25. The van der Waals surface area contributed by atoms with Gasteiger partial charge in [-0.1, -0.05) is 32.9 Å². The van der Waals surface area contributed by atoms with Crippen LogP contribution in [0.25, 0.3) is 0 Å². The van der Waals surface area contributed by atoms with E-state index in [1.807, 2.05) is 33.9 Å². The number of hydrogen-bond acceptors (Lipinski definition) is 3. The van der Waals surface area contributed by atoms with Crippen LogP contribution in [0.15, 0.2) is 6.20 Å². The Labute approximate surface area is 105 Å². The van der Waals surface area contributed by atoms with E-state index >= 15 is 0 Å². The van der Waals surface area contributed by atoms with E-state index in [1.165, 1.54) is 0 Å². The molecule has 3 radical (unpaired) electrons. The Morgan fingerprint density at radius 3 is 2.47 bits per heavy atom. The molecule has 0 aliphatic heterocycles. The summed E-state index contributed by atoms with van der Waals surface area (Å²) >= 11 is 0. The maximum Gasteiger partial charge on any atom is 0.122 e. The highest BCUT2D eigenvalue weighted by molar-refractivity contribution is 7.64. The van der Waals surface area contributed by atoms with Gasteiger partial charge in [-0.3, -0.25) is 7.85 Å². The maximum absolute atomic E-state index is 12.8.